The topological polar surface area (TPSA) is 92.3 Å². The molecule has 0 unspecified atom stereocenters. The quantitative estimate of drug-likeness (QED) is 0.526. The number of nitrogens with zero attached hydrogens (tertiary/aromatic N) is 4. The van der Waals surface area contributed by atoms with E-state index in [1.165, 1.54) is 13.3 Å². The fourth-order valence-corrected chi connectivity index (χ4v) is 2.82. The summed E-state index contributed by atoms with van der Waals surface area (Å²) in [4.78, 5) is 16.9. The third kappa shape index (κ3) is 4.42. The number of methoxy groups -OCH3 is 1. The second-order valence-electron chi connectivity index (χ2n) is 7.43. The SMILES string of the molecule is CCCOc1c(Cl)cc(-c2noc(C(=O)c3cnn(C(C)(C)C)c3)n2)cc1OC. The highest BCUT2D eigenvalue weighted by Crippen LogP contribution is 2.39. The molecule has 29 heavy (non-hydrogen) atoms. The summed E-state index contributed by atoms with van der Waals surface area (Å²) in [6.45, 7) is 8.48. The molecule has 154 valence electrons. The van der Waals surface area contributed by atoms with Gasteiger partial charge in [-0.3, -0.25) is 9.48 Å². The van der Waals surface area contributed by atoms with Crippen molar-refractivity contribution >= 4 is 17.4 Å². The smallest absolute Gasteiger partial charge is 0.299 e. The van der Waals surface area contributed by atoms with Gasteiger partial charge in [-0.1, -0.05) is 23.7 Å². The van der Waals surface area contributed by atoms with E-state index >= 15 is 0 Å². The van der Waals surface area contributed by atoms with Gasteiger partial charge in [0, 0.05) is 11.8 Å². The molecular weight excluding hydrogens is 396 g/mol. The van der Waals surface area contributed by atoms with Crippen LogP contribution < -0.4 is 9.47 Å². The Balaban J connectivity index is 1.89. The zero-order chi connectivity index (χ0) is 21.2. The van der Waals surface area contributed by atoms with Crippen molar-refractivity contribution in [3.8, 4) is 22.9 Å². The molecule has 0 saturated carbocycles. The monoisotopic (exact) mass is 418 g/mol. The van der Waals surface area contributed by atoms with Crippen molar-refractivity contribution in [2.75, 3.05) is 13.7 Å². The lowest BCUT2D eigenvalue weighted by molar-refractivity contribution is 0.0994. The number of halogens is 1. The van der Waals surface area contributed by atoms with Crippen LogP contribution in [0.15, 0.2) is 29.0 Å². The number of aromatic nitrogens is 4. The summed E-state index contributed by atoms with van der Waals surface area (Å²) in [5, 5.41) is 8.49. The second kappa shape index (κ2) is 8.24. The Labute approximate surface area is 173 Å². The zero-order valence-electron chi connectivity index (χ0n) is 17.0. The summed E-state index contributed by atoms with van der Waals surface area (Å²) in [6.07, 6.45) is 3.98. The standard InChI is InChI=1S/C20H23ClN4O4/c1-6-7-28-17-14(21)8-12(9-15(17)27-5)18-23-19(29-24-18)16(26)13-10-22-25(11-13)20(2,3)4/h8-11H,6-7H2,1-5H3. The Hall–Kier alpha value is -2.87. The molecule has 0 spiro atoms. The van der Waals surface area contributed by atoms with E-state index in [1.807, 2.05) is 27.7 Å². The number of rotatable bonds is 7. The third-order valence-corrected chi connectivity index (χ3v) is 4.37. The van der Waals surface area contributed by atoms with Gasteiger partial charge in [-0.05, 0) is 39.3 Å². The van der Waals surface area contributed by atoms with Crippen LogP contribution >= 0.6 is 11.6 Å². The Morgan fingerprint density at radius 3 is 2.69 bits per heavy atom. The normalized spacial score (nSPS) is 11.5. The summed E-state index contributed by atoms with van der Waals surface area (Å²) >= 11 is 6.34. The molecule has 3 aromatic rings. The van der Waals surface area contributed by atoms with Gasteiger partial charge in [0.05, 0.1) is 36.0 Å². The molecule has 3 rings (SSSR count). The Kier molecular flexibility index (Phi) is 5.93. The molecular formula is C20H23ClN4O4. The lowest BCUT2D eigenvalue weighted by Crippen LogP contribution is -2.22. The van der Waals surface area contributed by atoms with E-state index in [0.29, 0.717) is 34.3 Å². The minimum absolute atomic E-state index is 0.130. The number of hydrogen-bond donors (Lipinski definition) is 0. The number of ether oxygens (including phenoxy) is 2. The van der Waals surface area contributed by atoms with Crippen LogP contribution in [-0.4, -0.2) is 39.4 Å². The maximum absolute atomic E-state index is 12.7. The van der Waals surface area contributed by atoms with Crippen molar-refractivity contribution in [1.29, 1.82) is 0 Å². The van der Waals surface area contributed by atoms with E-state index in [2.05, 4.69) is 15.2 Å². The predicted octanol–water partition coefficient (Wildman–Crippen LogP) is 4.37. The molecule has 0 radical (unpaired) electrons. The summed E-state index contributed by atoms with van der Waals surface area (Å²) in [7, 11) is 1.52. The first-order valence-corrected chi connectivity index (χ1v) is 9.56. The highest BCUT2D eigenvalue weighted by molar-refractivity contribution is 6.32. The molecule has 0 atom stereocenters. The van der Waals surface area contributed by atoms with Gasteiger partial charge in [0.2, 0.25) is 5.82 Å². The minimum Gasteiger partial charge on any atom is -0.493 e. The van der Waals surface area contributed by atoms with E-state index < -0.39 is 5.78 Å². The van der Waals surface area contributed by atoms with E-state index in [9.17, 15) is 4.79 Å². The second-order valence-corrected chi connectivity index (χ2v) is 7.84. The van der Waals surface area contributed by atoms with Crippen molar-refractivity contribution in [2.24, 2.45) is 0 Å². The van der Waals surface area contributed by atoms with E-state index in [4.69, 9.17) is 25.6 Å². The first-order valence-electron chi connectivity index (χ1n) is 9.18. The number of ketones is 1. The average molecular weight is 419 g/mol. The van der Waals surface area contributed by atoms with Crippen molar-refractivity contribution in [3.05, 3.63) is 41.0 Å². The number of carbonyl (C=O) groups excluding carboxylic acids is 1. The zero-order valence-corrected chi connectivity index (χ0v) is 17.8. The molecule has 0 fully saturated rings. The Morgan fingerprint density at radius 2 is 2.07 bits per heavy atom. The molecule has 8 nitrogen and oxygen atoms in total. The van der Waals surface area contributed by atoms with Crippen molar-refractivity contribution in [3.63, 3.8) is 0 Å². The van der Waals surface area contributed by atoms with Crippen LogP contribution in [-0.2, 0) is 5.54 Å². The first-order chi connectivity index (χ1) is 13.7. The van der Waals surface area contributed by atoms with E-state index in [0.717, 1.165) is 6.42 Å². The minimum atomic E-state index is -0.403. The van der Waals surface area contributed by atoms with Gasteiger partial charge in [0.1, 0.15) is 0 Å². The lowest BCUT2D eigenvalue weighted by atomic mass is 10.1. The summed E-state index contributed by atoms with van der Waals surface area (Å²) < 4.78 is 17.9. The summed E-state index contributed by atoms with van der Waals surface area (Å²) in [6, 6.07) is 3.33. The molecule has 0 aliphatic carbocycles. The first kappa shape index (κ1) is 20.9. The predicted molar refractivity (Wildman–Crippen MR) is 108 cm³/mol. The van der Waals surface area contributed by atoms with Gasteiger partial charge in [0.15, 0.2) is 11.5 Å². The molecule has 2 aromatic heterocycles. The molecule has 0 amide bonds. The number of benzene rings is 1. The number of hydrogen-bond acceptors (Lipinski definition) is 7. The fraction of sp³-hybridized carbons (Fsp3) is 0.400. The molecule has 9 heteroatoms. The summed E-state index contributed by atoms with van der Waals surface area (Å²) in [5.41, 5.74) is 0.672. The highest BCUT2D eigenvalue weighted by Gasteiger charge is 2.23. The molecule has 2 heterocycles. The van der Waals surface area contributed by atoms with Gasteiger partial charge < -0.3 is 14.0 Å². The highest BCUT2D eigenvalue weighted by atomic mass is 35.5. The molecule has 0 N–H and O–H groups in total. The third-order valence-electron chi connectivity index (χ3n) is 4.09. The Morgan fingerprint density at radius 1 is 1.31 bits per heavy atom. The van der Waals surface area contributed by atoms with Crippen LogP contribution in [0.3, 0.4) is 0 Å². The van der Waals surface area contributed by atoms with Gasteiger partial charge in [0.25, 0.3) is 11.7 Å². The molecule has 0 saturated heterocycles. The Bertz CT molecular complexity index is 1020. The maximum atomic E-state index is 12.7. The van der Waals surface area contributed by atoms with Gasteiger partial charge in [-0.2, -0.15) is 10.1 Å². The van der Waals surface area contributed by atoms with Crippen molar-refractivity contribution in [1.82, 2.24) is 19.9 Å². The van der Waals surface area contributed by atoms with Crippen LogP contribution in [0.5, 0.6) is 11.5 Å². The van der Waals surface area contributed by atoms with Gasteiger partial charge in [-0.25, -0.2) is 0 Å². The van der Waals surface area contributed by atoms with Crippen LogP contribution in [0.25, 0.3) is 11.4 Å². The van der Waals surface area contributed by atoms with E-state index in [1.54, 1.807) is 23.0 Å². The van der Waals surface area contributed by atoms with Crippen LogP contribution in [0.4, 0.5) is 0 Å². The lowest BCUT2D eigenvalue weighted by Gasteiger charge is -2.18. The van der Waals surface area contributed by atoms with Crippen LogP contribution in [0, 0.1) is 0 Å². The van der Waals surface area contributed by atoms with Crippen molar-refractivity contribution < 1.29 is 18.8 Å². The fourth-order valence-electron chi connectivity index (χ4n) is 2.56. The maximum Gasteiger partial charge on any atom is 0.299 e. The van der Waals surface area contributed by atoms with Crippen molar-refractivity contribution in [2.45, 2.75) is 39.7 Å². The van der Waals surface area contributed by atoms with Gasteiger partial charge in [-0.15, -0.1) is 0 Å². The summed E-state index contributed by atoms with van der Waals surface area (Å²) in [5.74, 6) is 0.591. The average Bonchev–Trinajstić information content (AvgIpc) is 3.35. The van der Waals surface area contributed by atoms with Crippen LogP contribution in [0.1, 0.15) is 50.4 Å². The molecule has 0 bridgehead atoms. The van der Waals surface area contributed by atoms with Gasteiger partial charge >= 0.3 is 0 Å². The molecule has 0 aliphatic heterocycles. The van der Waals surface area contributed by atoms with Crippen LogP contribution in [0.2, 0.25) is 5.02 Å². The largest absolute Gasteiger partial charge is 0.493 e. The molecule has 0 aliphatic rings. The van der Waals surface area contributed by atoms with E-state index in [-0.39, 0.29) is 17.3 Å². The number of carbonyl (C=O) groups is 1. The molecule has 1 aromatic carbocycles.